The molecule has 0 N–H and O–H groups in total. The van der Waals surface area contributed by atoms with Gasteiger partial charge < -0.3 is 9.47 Å². The molecule has 0 atom stereocenters. The predicted molar refractivity (Wildman–Crippen MR) is 42.0 cm³/mol. The van der Waals surface area contributed by atoms with Crippen molar-refractivity contribution in [2.24, 2.45) is 0 Å². The molecule has 0 bridgehead atoms. The molecule has 0 saturated heterocycles. The Labute approximate surface area is 67.0 Å². The number of ether oxygens (including phenoxy) is 2. The number of hydrogen-bond donors (Lipinski definition) is 0. The van der Waals surface area contributed by atoms with E-state index in [1.54, 1.807) is 0 Å². The van der Waals surface area contributed by atoms with Gasteiger partial charge in [-0.3, -0.25) is 0 Å². The maximum absolute atomic E-state index is 10.8. The van der Waals surface area contributed by atoms with Crippen LogP contribution in [-0.4, -0.2) is 18.7 Å². The summed E-state index contributed by atoms with van der Waals surface area (Å²) in [4.78, 5) is 10.8. The molecule has 0 amide bonds. The van der Waals surface area contributed by atoms with Crippen LogP contribution in [0.5, 0.6) is 0 Å². The van der Waals surface area contributed by atoms with Crippen molar-refractivity contribution in [3.05, 3.63) is 12.3 Å². The normalized spacial score (nSPS) is 11.6. The van der Waals surface area contributed by atoms with Crippen molar-refractivity contribution in [1.29, 1.82) is 0 Å². The molecule has 64 valence electrons. The standard InChI is InChI=1S/C8H14O3/c1-8(2,3)11-7(9)5-6-10-4/h5-6H,1-4H3/b6-5+. The van der Waals surface area contributed by atoms with Gasteiger partial charge in [0.15, 0.2) is 0 Å². The molecule has 0 radical (unpaired) electrons. The molecule has 0 rings (SSSR count). The van der Waals surface area contributed by atoms with Gasteiger partial charge >= 0.3 is 5.97 Å². The van der Waals surface area contributed by atoms with Crippen molar-refractivity contribution in [2.45, 2.75) is 26.4 Å². The molecule has 0 aliphatic carbocycles. The fourth-order valence-corrected chi connectivity index (χ4v) is 0.459. The van der Waals surface area contributed by atoms with Gasteiger partial charge in [0.25, 0.3) is 0 Å². The molecule has 0 spiro atoms. The number of esters is 1. The van der Waals surface area contributed by atoms with Gasteiger partial charge in [-0.15, -0.1) is 0 Å². The number of carbonyl (C=O) groups excluding carboxylic acids is 1. The molecule has 0 aliphatic rings. The first-order chi connectivity index (χ1) is 4.95. The summed E-state index contributed by atoms with van der Waals surface area (Å²) in [5.41, 5.74) is -0.435. The Bertz CT molecular complexity index is 153. The topological polar surface area (TPSA) is 35.5 Å². The summed E-state index contributed by atoms with van der Waals surface area (Å²) in [6, 6.07) is 0. The van der Waals surface area contributed by atoms with Crippen LogP contribution in [0.4, 0.5) is 0 Å². The fourth-order valence-electron chi connectivity index (χ4n) is 0.459. The highest BCUT2D eigenvalue weighted by atomic mass is 16.6. The number of rotatable bonds is 2. The van der Waals surface area contributed by atoms with Crippen molar-refractivity contribution >= 4 is 5.97 Å². The summed E-state index contributed by atoms with van der Waals surface area (Å²) >= 11 is 0. The summed E-state index contributed by atoms with van der Waals surface area (Å²) < 4.78 is 9.48. The molecular formula is C8H14O3. The van der Waals surface area contributed by atoms with E-state index in [0.717, 1.165) is 0 Å². The van der Waals surface area contributed by atoms with Crippen molar-refractivity contribution in [3.8, 4) is 0 Å². The smallest absolute Gasteiger partial charge is 0.334 e. The summed E-state index contributed by atoms with van der Waals surface area (Å²) in [6.45, 7) is 5.43. The Morgan fingerprint density at radius 3 is 2.27 bits per heavy atom. The van der Waals surface area contributed by atoms with Crippen LogP contribution in [0, 0.1) is 0 Å². The molecule has 0 heterocycles. The molecule has 0 aromatic heterocycles. The van der Waals surface area contributed by atoms with Gasteiger partial charge in [-0.25, -0.2) is 4.79 Å². The second-order valence-corrected chi connectivity index (χ2v) is 3.07. The van der Waals surface area contributed by atoms with Gasteiger partial charge in [0, 0.05) is 0 Å². The van der Waals surface area contributed by atoms with Gasteiger partial charge in [0.1, 0.15) is 5.60 Å². The lowest BCUT2D eigenvalue weighted by molar-refractivity contribution is -0.148. The summed E-state index contributed by atoms with van der Waals surface area (Å²) in [7, 11) is 1.47. The number of hydrogen-bond acceptors (Lipinski definition) is 3. The summed E-state index contributed by atoms with van der Waals surface area (Å²) in [5.74, 6) is -0.389. The first kappa shape index (κ1) is 10.0. The lowest BCUT2D eigenvalue weighted by Gasteiger charge is -2.17. The molecule has 3 heteroatoms. The van der Waals surface area contributed by atoms with Gasteiger partial charge in [0.2, 0.25) is 0 Å². The molecule has 0 aromatic rings. The van der Waals surface area contributed by atoms with E-state index in [9.17, 15) is 4.79 Å². The van der Waals surface area contributed by atoms with Crippen LogP contribution in [0.25, 0.3) is 0 Å². The highest BCUT2D eigenvalue weighted by Gasteiger charge is 2.13. The van der Waals surface area contributed by atoms with Crippen LogP contribution in [0.1, 0.15) is 20.8 Å². The van der Waals surface area contributed by atoms with Crippen LogP contribution in [-0.2, 0) is 14.3 Å². The number of methoxy groups -OCH3 is 1. The van der Waals surface area contributed by atoms with E-state index < -0.39 is 5.60 Å². The van der Waals surface area contributed by atoms with E-state index in [2.05, 4.69) is 4.74 Å². The Kier molecular flexibility index (Phi) is 3.65. The van der Waals surface area contributed by atoms with Gasteiger partial charge in [0.05, 0.1) is 19.4 Å². The first-order valence-electron chi connectivity index (χ1n) is 3.38. The highest BCUT2D eigenvalue weighted by molar-refractivity contribution is 5.81. The summed E-state index contributed by atoms with van der Waals surface area (Å²) in [6.07, 6.45) is 2.53. The van der Waals surface area contributed by atoms with Crippen LogP contribution < -0.4 is 0 Å². The van der Waals surface area contributed by atoms with E-state index in [0.29, 0.717) is 0 Å². The van der Waals surface area contributed by atoms with Gasteiger partial charge in [-0.05, 0) is 20.8 Å². The zero-order chi connectivity index (χ0) is 8.91. The van der Waals surface area contributed by atoms with Crippen LogP contribution in [0.3, 0.4) is 0 Å². The molecule has 0 aliphatic heterocycles. The Morgan fingerprint density at radius 2 is 1.91 bits per heavy atom. The summed E-state index contributed by atoms with van der Waals surface area (Å²) in [5, 5.41) is 0. The third-order valence-corrected chi connectivity index (χ3v) is 0.747. The lowest BCUT2D eigenvalue weighted by Crippen LogP contribution is -2.22. The monoisotopic (exact) mass is 158 g/mol. The predicted octanol–water partition coefficient (Wildman–Crippen LogP) is 1.49. The van der Waals surface area contributed by atoms with Gasteiger partial charge in [-0.2, -0.15) is 0 Å². The van der Waals surface area contributed by atoms with E-state index in [1.807, 2.05) is 20.8 Å². The van der Waals surface area contributed by atoms with Crippen molar-refractivity contribution in [2.75, 3.05) is 7.11 Å². The fraction of sp³-hybridized carbons (Fsp3) is 0.625. The van der Waals surface area contributed by atoms with Crippen LogP contribution in [0.15, 0.2) is 12.3 Å². The quantitative estimate of drug-likeness (QED) is 0.347. The molecule has 0 saturated carbocycles. The third-order valence-electron chi connectivity index (χ3n) is 0.747. The van der Waals surface area contributed by atoms with E-state index in [4.69, 9.17) is 4.74 Å². The molecule has 0 aromatic carbocycles. The molecule has 3 nitrogen and oxygen atoms in total. The lowest BCUT2D eigenvalue weighted by atomic mass is 10.2. The van der Waals surface area contributed by atoms with E-state index in [-0.39, 0.29) is 5.97 Å². The van der Waals surface area contributed by atoms with E-state index in [1.165, 1.54) is 19.4 Å². The van der Waals surface area contributed by atoms with Crippen LogP contribution in [0.2, 0.25) is 0 Å². The maximum atomic E-state index is 10.8. The highest BCUT2D eigenvalue weighted by Crippen LogP contribution is 2.06. The van der Waals surface area contributed by atoms with Crippen molar-refractivity contribution < 1.29 is 14.3 Å². The van der Waals surface area contributed by atoms with Crippen molar-refractivity contribution in [3.63, 3.8) is 0 Å². The van der Waals surface area contributed by atoms with E-state index >= 15 is 0 Å². The van der Waals surface area contributed by atoms with Gasteiger partial charge in [-0.1, -0.05) is 0 Å². The second-order valence-electron chi connectivity index (χ2n) is 3.07. The molecule has 0 fully saturated rings. The first-order valence-corrected chi connectivity index (χ1v) is 3.38. The Balaban J connectivity index is 3.80. The molecule has 0 unspecified atom stereocenters. The average molecular weight is 158 g/mol. The Morgan fingerprint density at radius 1 is 1.36 bits per heavy atom. The number of carbonyl (C=O) groups is 1. The minimum Gasteiger partial charge on any atom is -0.504 e. The molecular weight excluding hydrogens is 144 g/mol. The second kappa shape index (κ2) is 4.01. The minimum absolute atomic E-state index is 0.389. The SMILES string of the molecule is CO/C=C/C(=O)OC(C)(C)C. The molecule has 11 heavy (non-hydrogen) atoms. The minimum atomic E-state index is -0.435. The zero-order valence-corrected chi connectivity index (χ0v) is 7.38. The average Bonchev–Trinajstić information content (AvgIpc) is 1.79. The third kappa shape index (κ3) is 6.90. The van der Waals surface area contributed by atoms with Crippen molar-refractivity contribution in [1.82, 2.24) is 0 Å². The maximum Gasteiger partial charge on any atom is 0.334 e. The van der Waals surface area contributed by atoms with Crippen LogP contribution >= 0.6 is 0 Å². The Hall–Kier alpha value is -0.990. The largest absolute Gasteiger partial charge is 0.504 e. The zero-order valence-electron chi connectivity index (χ0n) is 7.38.